The highest BCUT2D eigenvalue weighted by Gasteiger charge is 2.32. The Morgan fingerprint density at radius 3 is 2.44 bits per heavy atom. The van der Waals surface area contributed by atoms with Gasteiger partial charge in [0.1, 0.15) is 5.54 Å². The molecule has 1 unspecified atom stereocenters. The maximum Gasteiger partial charge on any atom is 0.232 e. The molecule has 0 aromatic carbocycles. The first-order valence-electron chi connectivity index (χ1n) is 6.44. The minimum absolute atomic E-state index is 0.125. The van der Waals surface area contributed by atoms with Gasteiger partial charge in [-0.15, -0.1) is 0 Å². The molecular formula is C13H25N3O2. The Balaban J connectivity index is 2.84. The molecule has 0 spiro atoms. The molecular weight excluding hydrogens is 230 g/mol. The number of ether oxygens (including phenoxy) is 1. The van der Waals surface area contributed by atoms with Crippen molar-refractivity contribution in [2.75, 3.05) is 6.61 Å². The Kier molecular flexibility index (Phi) is 4.50. The van der Waals surface area contributed by atoms with E-state index in [0.717, 1.165) is 6.42 Å². The lowest BCUT2D eigenvalue weighted by molar-refractivity contribution is 0.0410. The van der Waals surface area contributed by atoms with Crippen molar-refractivity contribution < 1.29 is 9.26 Å². The van der Waals surface area contributed by atoms with E-state index < -0.39 is 5.54 Å². The molecule has 1 rings (SSSR count). The van der Waals surface area contributed by atoms with E-state index in [1.165, 1.54) is 0 Å². The van der Waals surface area contributed by atoms with E-state index in [2.05, 4.69) is 30.9 Å². The van der Waals surface area contributed by atoms with Crippen LogP contribution in [0.2, 0.25) is 0 Å². The monoisotopic (exact) mass is 255 g/mol. The van der Waals surface area contributed by atoms with Crippen molar-refractivity contribution in [3.63, 3.8) is 0 Å². The second-order valence-electron chi connectivity index (χ2n) is 5.94. The number of nitrogens with zero attached hydrogens (tertiary/aromatic N) is 2. The predicted molar refractivity (Wildman–Crippen MR) is 70.2 cm³/mol. The SMILES string of the molecule is CCC(C)(C)c1nc(C(C)(N)COC(C)C)no1. The van der Waals surface area contributed by atoms with Crippen molar-refractivity contribution in [1.29, 1.82) is 0 Å². The normalized spacial score (nSPS) is 16.0. The van der Waals surface area contributed by atoms with Gasteiger partial charge in [-0.05, 0) is 27.2 Å². The quantitative estimate of drug-likeness (QED) is 0.844. The molecule has 0 aliphatic rings. The molecule has 2 N–H and O–H groups in total. The van der Waals surface area contributed by atoms with E-state index in [0.29, 0.717) is 18.3 Å². The standard InChI is InChI=1S/C13H25N3O2/c1-7-12(4,5)11-15-10(16-18-11)13(6,14)8-17-9(2)3/h9H,7-8,14H2,1-6H3. The van der Waals surface area contributed by atoms with Gasteiger partial charge in [-0.3, -0.25) is 0 Å². The smallest absolute Gasteiger partial charge is 0.232 e. The van der Waals surface area contributed by atoms with Crippen LogP contribution in [0, 0.1) is 0 Å². The van der Waals surface area contributed by atoms with Gasteiger partial charge in [0.15, 0.2) is 5.82 Å². The molecule has 0 bridgehead atoms. The second-order valence-corrected chi connectivity index (χ2v) is 5.94. The fourth-order valence-electron chi connectivity index (χ4n) is 1.29. The predicted octanol–water partition coefficient (Wildman–Crippen LogP) is 2.36. The fraction of sp³-hybridized carbons (Fsp3) is 0.846. The molecule has 0 aliphatic carbocycles. The number of nitrogens with two attached hydrogens (primary N) is 1. The van der Waals surface area contributed by atoms with Crippen molar-refractivity contribution >= 4 is 0 Å². The van der Waals surface area contributed by atoms with Crippen LogP contribution in [0.3, 0.4) is 0 Å². The fourth-order valence-corrected chi connectivity index (χ4v) is 1.29. The summed E-state index contributed by atoms with van der Waals surface area (Å²) in [5.74, 6) is 1.13. The highest BCUT2D eigenvalue weighted by atomic mass is 16.5. The van der Waals surface area contributed by atoms with Gasteiger partial charge in [0, 0.05) is 5.41 Å². The molecule has 0 radical (unpaired) electrons. The van der Waals surface area contributed by atoms with Gasteiger partial charge in [0.2, 0.25) is 5.89 Å². The summed E-state index contributed by atoms with van der Waals surface area (Å²) >= 11 is 0. The van der Waals surface area contributed by atoms with Crippen molar-refractivity contribution in [2.24, 2.45) is 5.73 Å². The highest BCUT2D eigenvalue weighted by molar-refractivity contribution is 5.06. The van der Waals surface area contributed by atoms with E-state index in [1.807, 2.05) is 20.8 Å². The third-order valence-corrected chi connectivity index (χ3v) is 3.12. The lowest BCUT2D eigenvalue weighted by Gasteiger charge is -2.22. The zero-order valence-electron chi connectivity index (χ0n) is 12.3. The average molecular weight is 255 g/mol. The molecule has 1 heterocycles. The van der Waals surface area contributed by atoms with Crippen LogP contribution in [-0.4, -0.2) is 22.9 Å². The maximum atomic E-state index is 6.17. The first kappa shape index (κ1) is 15.1. The summed E-state index contributed by atoms with van der Waals surface area (Å²) in [6, 6.07) is 0. The summed E-state index contributed by atoms with van der Waals surface area (Å²) < 4.78 is 10.9. The average Bonchev–Trinajstić information content (AvgIpc) is 2.77. The molecule has 5 nitrogen and oxygen atoms in total. The van der Waals surface area contributed by atoms with Gasteiger partial charge in [-0.2, -0.15) is 4.98 Å². The molecule has 1 aromatic rings. The van der Waals surface area contributed by atoms with Gasteiger partial charge < -0.3 is 15.0 Å². The number of hydrogen-bond acceptors (Lipinski definition) is 5. The zero-order valence-corrected chi connectivity index (χ0v) is 12.3. The molecule has 0 aliphatic heterocycles. The molecule has 0 amide bonds. The van der Waals surface area contributed by atoms with E-state index in [1.54, 1.807) is 0 Å². The Labute approximate surface area is 109 Å². The van der Waals surface area contributed by atoms with Crippen molar-refractivity contribution in [3.8, 4) is 0 Å². The molecule has 1 atom stereocenters. The van der Waals surface area contributed by atoms with Gasteiger partial charge in [-0.1, -0.05) is 25.9 Å². The molecule has 0 fully saturated rings. The summed E-state index contributed by atoms with van der Waals surface area (Å²) in [4.78, 5) is 4.42. The first-order chi connectivity index (χ1) is 8.19. The minimum Gasteiger partial charge on any atom is -0.376 e. The first-order valence-corrected chi connectivity index (χ1v) is 6.44. The molecule has 0 saturated heterocycles. The topological polar surface area (TPSA) is 74.2 Å². The molecule has 0 saturated carbocycles. The van der Waals surface area contributed by atoms with Crippen LogP contribution in [0.4, 0.5) is 0 Å². The molecule has 104 valence electrons. The Hall–Kier alpha value is -0.940. The summed E-state index contributed by atoms with van der Waals surface area (Å²) in [6.45, 7) is 12.4. The van der Waals surface area contributed by atoms with Crippen LogP contribution in [0.15, 0.2) is 4.52 Å². The van der Waals surface area contributed by atoms with Gasteiger partial charge >= 0.3 is 0 Å². The van der Waals surface area contributed by atoms with Gasteiger partial charge in [0.05, 0.1) is 12.7 Å². The van der Waals surface area contributed by atoms with Crippen LogP contribution in [0.25, 0.3) is 0 Å². The van der Waals surface area contributed by atoms with Crippen LogP contribution >= 0.6 is 0 Å². The zero-order chi connectivity index (χ0) is 14.0. The Morgan fingerprint density at radius 1 is 1.33 bits per heavy atom. The van der Waals surface area contributed by atoms with Crippen molar-refractivity contribution in [3.05, 3.63) is 11.7 Å². The highest BCUT2D eigenvalue weighted by Crippen LogP contribution is 2.26. The van der Waals surface area contributed by atoms with E-state index >= 15 is 0 Å². The van der Waals surface area contributed by atoms with E-state index in [9.17, 15) is 0 Å². The molecule has 18 heavy (non-hydrogen) atoms. The van der Waals surface area contributed by atoms with Gasteiger partial charge in [-0.25, -0.2) is 0 Å². The van der Waals surface area contributed by atoms with Crippen LogP contribution in [0.1, 0.15) is 59.7 Å². The van der Waals surface area contributed by atoms with Crippen LogP contribution in [0.5, 0.6) is 0 Å². The number of hydrogen-bond donors (Lipinski definition) is 1. The maximum absolute atomic E-state index is 6.17. The van der Waals surface area contributed by atoms with Crippen LogP contribution < -0.4 is 5.73 Å². The Bertz CT molecular complexity index is 383. The largest absolute Gasteiger partial charge is 0.376 e. The summed E-state index contributed by atoms with van der Waals surface area (Å²) in [5.41, 5.74) is 5.32. The lowest BCUT2D eigenvalue weighted by Crippen LogP contribution is -2.40. The lowest BCUT2D eigenvalue weighted by atomic mass is 9.90. The number of rotatable bonds is 6. The van der Waals surface area contributed by atoms with Crippen molar-refractivity contribution in [1.82, 2.24) is 10.1 Å². The summed E-state index contributed by atoms with van der Waals surface area (Å²) in [5, 5.41) is 3.99. The number of aromatic nitrogens is 2. The second kappa shape index (κ2) is 5.36. The van der Waals surface area contributed by atoms with Crippen LogP contribution in [-0.2, 0) is 15.7 Å². The van der Waals surface area contributed by atoms with Crippen molar-refractivity contribution in [2.45, 2.75) is 65.0 Å². The summed E-state index contributed by atoms with van der Waals surface area (Å²) in [6.07, 6.45) is 1.06. The minimum atomic E-state index is -0.726. The molecule has 5 heteroatoms. The third kappa shape index (κ3) is 3.53. The Morgan fingerprint density at radius 2 is 1.94 bits per heavy atom. The van der Waals surface area contributed by atoms with E-state index in [4.69, 9.17) is 15.0 Å². The van der Waals surface area contributed by atoms with E-state index in [-0.39, 0.29) is 11.5 Å². The molecule has 1 aromatic heterocycles. The summed E-state index contributed by atoms with van der Waals surface area (Å²) in [7, 11) is 0. The third-order valence-electron chi connectivity index (χ3n) is 3.12. The van der Waals surface area contributed by atoms with Gasteiger partial charge in [0.25, 0.3) is 0 Å².